The highest BCUT2D eigenvalue weighted by Crippen LogP contribution is 2.35. The van der Waals surface area contributed by atoms with Crippen LogP contribution in [0.4, 0.5) is 14.9 Å². The Morgan fingerprint density at radius 2 is 1.78 bits per heavy atom. The average Bonchev–Trinajstić information content (AvgIpc) is 3.32. The lowest BCUT2D eigenvalue weighted by atomic mass is 10.1. The molecule has 1 fully saturated rings. The number of carbonyl (C=O) groups is 3. The van der Waals surface area contributed by atoms with Crippen molar-refractivity contribution in [2.75, 3.05) is 11.9 Å². The summed E-state index contributed by atoms with van der Waals surface area (Å²) in [6.45, 7) is 0.221. The van der Waals surface area contributed by atoms with E-state index < -0.39 is 29.4 Å². The maximum Gasteiger partial charge on any atom is 0.294 e. The lowest BCUT2D eigenvalue weighted by Crippen LogP contribution is -2.36. The number of hydrogen-bond donors (Lipinski definition) is 1. The highest BCUT2D eigenvalue weighted by atomic mass is 79.9. The van der Waals surface area contributed by atoms with Gasteiger partial charge in [-0.3, -0.25) is 19.3 Å². The molecule has 0 spiro atoms. The maximum atomic E-state index is 13.1. The van der Waals surface area contributed by atoms with E-state index in [-0.39, 0.29) is 4.91 Å². The number of fused-ring (bicyclic) bond motifs is 1. The van der Waals surface area contributed by atoms with E-state index in [2.05, 4.69) is 25.8 Å². The average molecular weight is 564 g/mol. The second-order valence-electron chi connectivity index (χ2n) is 8.18. The van der Waals surface area contributed by atoms with Crippen molar-refractivity contribution >= 4 is 67.4 Å². The normalized spacial score (nSPS) is 14.7. The Bertz CT molecular complexity index is 1520. The van der Waals surface area contributed by atoms with Crippen molar-refractivity contribution in [3.8, 4) is 0 Å². The van der Waals surface area contributed by atoms with Crippen LogP contribution in [0.5, 0.6) is 0 Å². The number of amides is 3. The summed E-state index contributed by atoms with van der Waals surface area (Å²) in [6, 6.07) is 21.2. The van der Waals surface area contributed by atoms with E-state index >= 15 is 0 Å². The Hall–Kier alpha value is -3.69. The van der Waals surface area contributed by atoms with Gasteiger partial charge in [-0.2, -0.15) is 0 Å². The number of nitrogens with one attached hydrogen (secondary N) is 1. The molecule has 3 amide bonds. The zero-order chi connectivity index (χ0) is 25.2. The van der Waals surface area contributed by atoms with Crippen LogP contribution in [-0.2, 0) is 16.1 Å². The molecule has 5 rings (SSSR count). The van der Waals surface area contributed by atoms with E-state index in [1.165, 1.54) is 24.3 Å². The molecule has 2 heterocycles. The SMILES string of the molecule is O=C(CN1C(=O)S/C(=C\c2cn(Cc3ccccc3)c3ccc(Br)cc23)C1=O)Nc1ccc(F)cc1. The van der Waals surface area contributed by atoms with Crippen LogP contribution in [-0.4, -0.2) is 33.1 Å². The first-order chi connectivity index (χ1) is 17.4. The van der Waals surface area contributed by atoms with Crippen molar-refractivity contribution in [2.24, 2.45) is 0 Å². The van der Waals surface area contributed by atoms with E-state index in [0.717, 1.165) is 43.2 Å². The van der Waals surface area contributed by atoms with E-state index in [9.17, 15) is 18.8 Å². The predicted molar refractivity (Wildman–Crippen MR) is 143 cm³/mol. The third-order valence-electron chi connectivity index (χ3n) is 5.66. The van der Waals surface area contributed by atoms with Gasteiger partial charge in [-0.25, -0.2) is 4.39 Å². The minimum Gasteiger partial charge on any atom is -0.342 e. The number of nitrogens with zero attached hydrogens (tertiary/aromatic N) is 2. The number of thioether (sulfide) groups is 1. The molecule has 180 valence electrons. The standard InChI is InChI=1S/C27H19BrFN3O3S/c28-19-6-11-23-22(13-19)18(15-31(23)14-17-4-2-1-3-5-17)12-24-26(34)32(27(35)36-24)16-25(33)30-21-9-7-20(29)8-10-21/h1-13,15H,14,16H2,(H,30,33)/b24-12-. The molecule has 36 heavy (non-hydrogen) atoms. The van der Waals surface area contributed by atoms with Gasteiger partial charge < -0.3 is 9.88 Å². The van der Waals surface area contributed by atoms with Crippen LogP contribution < -0.4 is 5.32 Å². The molecule has 6 nitrogen and oxygen atoms in total. The fourth-order valence-electron chi connectivity index (χ4n) is 3.98. The molecule has 0 aliphatic carbocycles. The van der Waals surface area contributed by atoms with Gasteiger partial charge in [0.1, 0.15) is 12.4 Å². The monoisotopic (exact) mass is 563 g/mol. The molecule has 0 saturated carbocycles. The second kappa shape index (κ2) is 10.1. The lowest BCUT2D eigenvalue weighted by molar-refractivity contribution is -0.127. The van der Waals surface area contributed by atoms with Crippen molar-refractivity contribution in [1.29, 1.82) is 0 Å². The number of benzene rings is 3. The first-order valence-electron chi connectivity index (χ1n) is 11.0. The third-order valence-corrected chi connectivity index (χ3v) is 7.06. The van der Waals surface area contributed by atoms with Crippen molar-refractivity contribution < 1.29 is 18.8 Å². The summed E-state index contributed by atoms with van der Waals surface area (Å²) in [5.41, 5.74) is 3.30. The Morgan fingerprint density at radius 3 is 2.53 bits per heavy atom. The zero-order valence-corrected chi connectivity index (χ0v) is 21.2. The molecule has 0 bridgehead atoms. The number of anilines is 1. The molecular formula is C27H19BrFN3O3S. The van der Waals surface area contributed by atoms with Crippen molar-refractivity contribution in [3.05, 3.63) is 105 Å². The highest BCUT2D eigenvalue weighted by molar-refractivity contribution is 9.10. The molecule has 1 saturated heterocycles. The molecule has 9 heteroatoms. The minimum absolute atomic E-state index is 0.244. The van der Waals surface area contributed by atoms with Gasteiger partial charge in [-0.15, -0.1) is 0 Å². The quantitative estimate of drug-likeness (QED) is 0.281. The van der Waals surface area contributed by atoms with Gasteiger partial charge in [0.2, 0.25) is 5.91 Å². The van der Waals surface area contributed by atoms with Gasteiger partial charge in [0.15, 0.2) is 0 Å². The number of hydrogen-bond acceptors (Lipinski definition) is 4. The summed E-state index contributed by atoms with van der Waals surface area (Å²) >= 11 is 4.32. The number of carbonyl (C=O) groups excluding carboxylic acids is 3. The Labute approximate surface area is 218 Å². The van der Waals surface area contributed by atoms with E-state index in [0.29, 0.717) is 12.2 Å². The van der Waals surface area contributed by atoms with Crippen LogP contribution in [0.1, 0.15) is 11.1 Å². The Morgan fingerprint density at radius 1 is 1.03 bits per heavy atom. The molecule has 4 aromatic rings. The summed E-state index contributed by atoms with van der Waals surface area (Å²) in [4.78, 5) is 39.2. The first kappa shape index (κ1) is 24.0. The number of aromatic nitrogens is 1. The molecule has 1 N–H and O–H groups in total. The molecule has 0 atom stereocenters. The Kier molecular flexibility index (Phi) is 6.75. The van der Waals surface area contributed by atoms with Gasteiger partial charge in [0.05, 0.1) is 4.91 Å². The van der Waals surface area contributed by atoms with Crippen LogP contribution >= 0.6 is 27.7 Å². The van der Waals surface area contributed by atoms with E-state index in [1.807, 2.05) is 54.7 Å². The molecule has 3 aromatic carbocycles. The van der Waals surface area contributed by atoms with E-state index in [1.54, 1.807) is 6.08 Å². The van der Waals surface area contributed by atoms with Gasteiger partial charge in [-0.1, -0.05) is 46.3 Å². The number of rotatable bonds is 6. The topological polar surface area (TPSA) is 71.4 Å². The summed E-state index contributed by atoms with van der Waals surface area (Å²) in [7, 11) is 0. The molecular weight excluding hydrogens is 545 g/mol. The largest absolute Gasteiger partial charge is 0.342 e. The summed E-state index contributed by atoms with van der Waals surface area (Å²) < 4.78 is 16.1. The van der Waals surface area contributed by atoms with Crippen LogP contribution in [0.3, 0.4) is 0 Å². The van der Waals surface area contributed by atoms with Gasteiger partial charge in [0, 0.05) is 39.4 Å². The minimum atomic E-state index is -0.548. The zero-order valence-electron chi connectivity index (χ0n) is 18.8. The van der Waals surface area contributed by atoms with Gasteiger partial charge in [-0.05, 0) is 65.9 Å². The molecule has 0 radical (unpaired) electrons. The van der Waals surface area contributed by atoms with Gasteiger partial charge in [0.25, 0.3) is 11.1 Å². The maximum absolute atomic E-state index is 13.1. The van der Waals surface area contributed by atoms with Crippen LogP contribution in [0.25, 0.3) is 17.0 Å². The first-order valence-corrected chi connectivity index (χ1v) is 12.6. The van der Waals surface area contributed by atoms with Crippen molar-refractivity contribution in [2.45, 2.75) is 6.54 Å². The van der Waals surface area contributed by atoms with Crippen molar-refractivity contribution in [1.82, 2.24) is 9.47 Å². The van der Waals surface area contributed by atoms with Crippen LogP contribution in [0.15, 0.2) is 88.4 Å². The predicted octanol–water partition coefficient (Wildman–Crippen LogP) is 6.27. The Balaban J connectivity index is 1.39. The number of imide groups is 1. The third kappa shape index (κ3) is 5.12. The smallest absolute Gasteiger partial charge is 0.294 e. The molecule has 1 aromatic heterocycles. The van der Waals surface area contributed by atoms with Crippen molar-refractivity contribution in [3.63, 3.8) is 0 Å². The number of halogens is 2. The fourth-order valence-corrected chi connectivity index (χ4v) is 5.17. The summed E-state index contributed by atoms with van der Waals surface area (Å²) in [5, 5.41) is 2.98. The fraction of sp³-hybridized carbons (Fsp3) is 0.0741. The molecule has 0 unspecified atom stereocenters. The van der Waals surface area contributed by atoms with Crippen LogP contribution in [0, 0.1) is 5.82 Å². The highest BCUT2D eigenvalue weighted by Gasteiger charge is 2.36. The van der Waals surface area contributed by atoms with E-state index in [4.69, 9.17) is 0 Å². The molecule has 1 aliphatic rings. The summed E-state index contributed by atoms with van der Waals surface area (Å²) in [5.74, 6) is -1.51. The molecule has 1 aliphatic heterocycles. The summed E-state index contributed by atoms with van der Waals surface area (Å²) in [6.07, 6.45) is 3.65. The van der Waals surface area contributed by atoms with Crippen LogP contribution in [0.2, 0.25) is 0 Å². The lowest BCUT2D eigenvalue weighted by Gasteiger charge is -2.12. The van der Waals surface area contributed by atoms with Gasteiger partial charge >= 0.3 is 0 Å². The second-order valence-corrected chi connectivity index (χ2v) is 10.1.